The van der Waals surface area contributed by atoms with Gasteiger partial charge in [-0.05, 0) is 37.5 Å². The summed E-state index contributed by atoms with van der Waals surface area (Å²) in [4.78, 5) is 7.11. The number of aromatic nitrogens is 4. The van der Waals surface area contributed by atoms with Crippen molar-refractivity contribution in [3.8, 4) is 5.75 Å². The highest BCUT2D eigenvalue weighted by molar-refractivity contribution is 5.53. The first-order valence-corrected chi connectivity index (χ1v) is 7.84. The van der Waals surface area contributed by atoms with Crippen molar-refractivity contribution in [1.29, 1.82) is 0 Å². The maximum absolute atomic E-state index is 5.25. The van der Waals surface area contributed by atoms with E-state index in [1.54, 1.807) is 13.4 Å². The van der Waals surface area contributed by atoms with Gasteiger partial charge in [-0.1, -0.05) is 12.1 Å². The molecule has 3 heterocycles. The molecule has 3 aromatic rings. The van der Waals surface area contributed by atoms with Crippen molar-refractivity contribution in [1.82, 2.24) is 19.6 Å². The van der Waals surface area contributed by atoms with E-state index < -0.39 is 0 Å². The first kappa shape index (κ1) is 14.0. The Hall–Kier alpha value is -2.63. The van der Waals surface area contributed by atoms with Gasteiger partial charge in [0, 0.05) is 12.6 Å². The average molecular weight is 309 g/mol. The first-order valence-electron chi connectivity index (χ1n) is 7.84. The predicted molar refractivity (Wildman–Crippen MR) is 87.8 cm³/mol. The second-order valence-electron chi connectivity index (χ2n) is 5.85. The summed E-state index contributed by atoms with van der Waals surface area (Å²) in [7, 11) is 1.69. The van der Waals surface area contributed by atoms with Crippen LogP contribution in [0, 0.1) is 6.92 Å². The van der Waals surface area contributed by atoms with E-state index in [0.29, 0.717) is 6.04 Å². The van der Waals surface area contributed by atoms with Crippen molar-refractivity contribution in [2.45, 2.75) is 25.8 Å². The molecule has 6 heteroatoms. The molecule has 1 unspecified atom stereocenters. The lowest BCUT2D eigenvalue weighted by Gasteiger charge is -2.26. The van der Waals surface area contributed by atoms with Crippen LogP contribution in [0.5, 0.6) is 5.75 Å². The molecule has 0 spiro atoms. The van der Waals surface area contributed by atoms with Gasteiger partial charge in [0.2, 0.25) is 0 Å². The molecule has 0 amide bonds. The highest BCUT2D eigenvalue weighted by Crippen LogP contribution is 2.36. The number of anilines is 1. The molecule has 0 N–H and O–H groups in total. The zero-order valence-corrected chi connectivity index (χ0v) is 13.3. The molecule has 0 saturated carbocycles. The zero-order chi connectivity index (χ0) is 15.8. The van der Waals surface area contributed by atoms with Crippen LogP contribution in [0.4, 0.5) is 5.82 Å². The Morgan fingerprint density at radius 1 is 1.22 bits per heavy atom. The lowest BCUT2D eigenvalue weighted by molar-refractivity contribution is 0.414. The second kappa shape index (κ2) is 5.53. The van der Waals surface area contributed by atoms with Crippen LogP contribution in [-0.4, -0.2) is 33.2 Å². The van der Waals surface area contributed by atoms with Gasteiger partial charge in [0.25, 0.3) is 0 Å². The fraction of sp³-hybridized carbons (Fsp3) is 0.353. The summed E-state index contributed by atoms with van der Waals surface area (Å²) in [5.74, 6) is 2.77. The van der Waals surface area contributed by atoms with Gasteiger partial charge < -0.3 is 9.64 Å². The van der Waals surface area contributed by atoms with Crippen molar-refractivity contribution < 1.29 is 4.74 Å². The molecule has 118 valence electrons. The third-order valence-corrected chi connectivity index (χ3v) is 4.50. The summed E-state index contributed by atoms with van der Waals surface area (Å²) < 4.78 is 7.16. The summed E-state index contributed by atoms with van der Waals surface area (Å²) in [6.07, 6.45) is 3.99. The van der Waals surface area contributed by atoms with Crippen LogP contribution in [0.1, 0.15) is 30.3 Å². The molecular weight excluding hydrogens is 290 g/mol. The molecule has 1 fully saturated rings. The monoisotopic (exact) mass is 309 g/mol. The van der Waals surface area contributed by atoms with E-state index >= 15 is 0 Å². The molecule has 4 rings (SSSR count). The Morgan fingerprint density at radius 2 is 2.04 bits per heavy atom. The normalized spacial score (nSPS) is 17.8. The Labute approximate surface area is 134 Å². The van der Waals surface area contributed by atoms with Gasteiger partial charge in [-0.25, -0.2) is 4.98 Å². The van der Waals surface area contributed by atoms with Crippen LogP contribution in [0.25, 0.3) is 5.65 Å². The van der Waals surface area contributed by atoms with Gasteiger partial charge in [0.15, 0.2) is 5.65 Å². The lowest BCUT2D eigenvalue weighted by Crippen LogP contribution is -2.24. The van der Waals surface area contributed by atoms with E-state index in [4.69, 9.17) is 9.72 Å². The van der Waals surface area contributed by atoms with Crippen LogP contribution in [0.15, 0.2) is 36.7 Å². The summed E-state index contributed by atoms with van der Waals surface area (Å²) >= 11 is 0. The average Bonchev–Trinajstić information content (AvgIpc) is 3.24. The number of aryl methyl sites for hydroxylation is 1. The van der Waals surface area contributed by atoms with Crippen molar-refractivity contribution in [3.05, 3.63) is 48.0 Å². The lowest BCUT2D eigenvalue weighted by atomic mass is 10.0. The fourth-order valence-corrected chi connectivity index (χ4v) is 3.32. The van der Waals surface area contributed by atoms with Crippen LogP contribution >= 0.6 is 0 Å². The maximum Gasteiger partial charge on any atom is 0.165 e. The van der Waals surface area contributed by atoms with E-state index in [9.17, 15) is 0 Å². The van der Waals surface area contributed by atoms with E-state index in [-0.39, 0.29) is 0 Å². The summed E-state index contributed by atoms with van der Waals surface area (Å²) in [6.45, 7) is 2.99. The highest BCUT2D eigenvalue weighted by atomic mass is 16.5. The molecular formula is C17H19N5O. The van der Waals surface area contributed by atoms with Crippen molar-refractivity contribution in [3.63, 3.8) is 0 Å². The summed E-state index contributed by atoms with van der Waals surface area (Å²) in [5, 5.41) is 8.13. The Balaban J connectivity index is 1.70. The Morgan fingerprint density at radius 3 is 2.83 bits per heavy atom. The Bertz CT molecular complexity index is 827. The molecule has 0 bridgehead atoms. The number of hydrogen-bond acceptors (Lipinski definition) is 5. The van der Waals surface area contributed by atoms with Crippen molar-refractivity contribution in [2.24, 2.45) is 0 Å². The number of nitrogens with zero attached hydrogens (tertiary/aromatic N) is 5. The minimum atomic E-state index is 0.346. The van der Waals surface area contributed by atoms with Crippen molar-refractivity contribution >= 4 is 11.5 Å². The van der Waals surface area contributed by atoms with Gasteiger partial charge in [-0.3, -0.25) is 4.40 Å². The number of methoxy groups -OCH3 is 1. The van der Waals surface area contributed by atoms with Gasteiger partial charge >= 0.3 is 0 Å². The molecule has 0 aliphatic carbocycles. The fourth-order valence-electron chi connectivity index (χ4n) is 3.32. The predicted octanol–water partition coefficient (Wildman–Crippen LogP) is 2.78. The van der Waals surface area contributed by atoms with E-state index in [0.717, 1.165) is 42.4 Å². The largest absolute Gasteiger partial charge is 0.497 e. The smallest absolute Gasteiger partial charge is 0.165 e. The van der Waals surface area contributed by atoms with E-state index in [1.165, 1.54) is 5.56 Å². The molecule has 1 atom stereocenters. The molecule has 2 aromatic heterocycles. The van der Waals surface area contributed by atoms with Gasteiger partial charge in [0.05, 0.1) is 13.2 Å². The van der Waals surface area contributed by atoms with Gasteiger partial charge in [-0.2, -0.15) is 0 Å². The standard InChI is InChI=1S/C17H19N5O/c1-12-19-16(10-17-20-18-11-22(12)17)21-9-3-4-15(21)13-5-7-14(23-2)8-6-13/h5-8,10-11,15H,3-4,9H2,1-2H3. The number of ether oxygens (including phenoxy) is 1. The quantitative estimate of drug-likeness (QED) is 0.744. The number of hydrogen-bond donors (Lipinski definition) is 0. The molecule has 1 saturated heterocycles. The molecule has 1 aliphatic heterocycles. The molecule has 1 aromatic carbocycles. The molecule has 0 radical (unpaired) electrons. The second-order valence-corrected chi connectivity index (χ2v) is 5.85. The summed E-state index contributed by atoms with van der Waals surface area (Å²) in [6, 6.07) is 10.7. The number of rotatable bonds is 3. The van der Waals surface area contributed by atoms with Gasteiger partial charge in [-0.15, -0.1) is 10.2 Å². The third-order valence-electron chi connectivity index (χ3n) is 4.50. The van der Waals surface area contributed by atoms with Crippen LogP contribution in [-0.2, 0) is 0 Å². The maximum atomic E-state index is 5.25. The van der Waals surface area contributed by atoms with Crippen LogP contribution < -0.4 is 9.64 Å². The van der Waals surface area contributed by atoms with Gasteiger partial charge in [0.1, 0.15) is 23.7 Å². The number of fused-ring (bicyclic) bond motifs is 1. The van der Waals surface area contributed by atoms with Crippen molar-refractivity contribution in [2.75, 3.05) is 18.6 Å². The topological polar surface area (TPSA) is 55.5 Å². The minimum absolute atomic E-state index is 0.346. The molecule has 6 nitrogen and oxygen atoms in total. The van der Waals surface area contributed by atoms with E-state index in [1.807, 2.05) is 29.5 Å². The molecule has 1 aliphatic rings. The van der Waals surface area contributed by atoms with E-state index in [2.05, 4.69) is 27.2 Å². The summed E-state index contributed by atoms with van der Waals surface area (Å²) in [5.41, 5.74) is 2.14. The third kappa shape index (κ3) is 2.40. The minimum Gasteiger partial charge on any atom is -0.497 e. The zero-order valence-electron chi connectivity index (χ0n) is 13.3. The first-order chi connectivity index (χ1) is 11.3. The van der Waals surface area contributed by atoms with Crippen LogP contribution in [0.3, 0.4) is 0 Å². The highest BCUT2D eigenvalue weighted by Gasteiger charge is 2.27. The SMILES string of the molecule is COc1ccc(C2CCCN2c2cc3nncn3c(C)n2)cc1. The molecule has 23 heavy (non-hydrogen) atoms. The van der Waals surface area contributed by atoms with Crippen LogP contribution in [0.2, 0.25) is 0 Å². The number of benzene rings is 1. The Kier molecular flexibility index (Phi) is 3.37.